The second kappa shape index (κ2) is 5.50. The maximum Gasteiger partial charge on any atom is 0.274 e. The van der Waals surface area contributed by atoms with Gasteiger partial charge < -0.3 is 4.90 Å². The molecule has 6 heteroatoms. The molecule has 0 N–H and O–H groups in total. The summed E-state index contributed by atoms with van der Waals surface area (Å²) < 4.78 is 2.02. The summed E-state index contributed by atoms with van der Waals surface area (Å²) in [5.74, 6) is 0.523. The zero-order valence-corrected chi connectivity index (χ0v) is 14.4. The summed E-state index contributed by atoms with van der Waals surface area (Å²) in [5.41, 5.74) is 4.32. The van der Waals surface area contributed by atoms with E-state index in [4.69, 9.17) is 0 Å². The summed E-state index contributed by atoms with van der Waals surface area (Å²) in [5, 5.41) is 6.57. The molecule has 0 aliphatic heterocycles. The molecule has 0 unspecified atom stereocenters. The molecule has 1 aliphatic carbocycles. The summed E-state index contributed by atoms with van der Waals surface area (Å²) in [6.07, 6.45) is 2.40. The Labute approximate surface area is 135 Å². The average Bonchev–Trinajstić information content (AvgIpc) is 2.99. The Hall–Kier alpha value is -1.69. The number of hydrogen-bond acceptors (Lipinski definition) is 4. The van der Waals surface area contributed by atoms with Gasteiger partial charge in [-0.1, -0.05) is 0 Å². The Balaban J connectivity index is 1.83. The summed E-state index contributed by atoms with van der Waals surface area (Å²) in [7, 11) is 1.80. The number of rotatable bonds is 4. The first-order valence-electron chi connectivity index (χ1n) is 7.59. The van der Waals surface area contributed by atoms with Crippen molar-refractivity contribution >= 4 is 17.2 Å². The van der Waals surface area contributed by atoms with E-state index in [9.17, 15) is 4.79 Å². The predicted octanol–water partition coefficient (Wildman–Crippen LogP) is 3.24. The standard InChI is InChI=1S/C16H22N4OS/c1-16(2,3)20-14(11-5-6-11)7-13(18-20)15(21)19(4)8-12-9-22-10-17-12/h7,9-11H,5-6,8H2,1-4H3. The van der Waals surface area contributed by atoms with E-state index in [-0.39, 0.29) is 11.4 Å². The monoisotopic (exact) mass is 318 g/mol. The first-order valence-corrected chi connectivity index (χ1v) is 8.53. The largest absolute Gasteiger partial charge is 0.334 e. The highest BCUT2D eigenvalue weighted by Gasteiger charge is 2.33. The van der Waals surface area contributed by atoms with Crippen molar-refractivity contribution in [3.8, 4) is 0 Å². The molecule has 2 aromatic heterocycles. The summed E-state index contributed by atoms with van der Waals surface area (Å²) in [6, 6.07) is 1.97. The van der Waals surface area contributed by atoms with Crippen LogP contribution in [0.2, 0.25) is 0 Å². The second-order valence-corrected chi connectivity index (χ2v) is 7.67. The molecule has 0 radical (unpaired) electrons. The van der Waals surface area contributed by atoms with Gasteiger partial charge in [0.25, 0.3) is 5.91 Å². The van der Waals surface area contributed by atoms with Gasteiger partial charge in [0.15, 0.2) is 5.69 Å². The van der Waals surface area contributed by atoms with Gasteiger partial charge in [0.2, 0.25) is 0 Å². The summed E-state index contributed by atoms with van der Waals surface area (Å²) >= 11 is 1.54. The van der Waals surface area contributed by atoms with Crippen molar-refractivity contribution in [2.45, 2.75) is 51.6 Å². The van der Waals surface area contributed by atoms with Crippen LogP contribution in [0.25, 0.3) is 0 Å². The number of carbonyl (C=O) groups excluding carboxylic acids is 1. The van der Waals surface area contributed by atoms with E-state index >= 15 is 0 Å². The fourth-order valence-electron chi connectivity index (χ4n) is 2.53. The number of aromatic nitrogens is 3. The summed E-state index contributed by atoms with van der Waals surface area (Å²) in [6.45, 7) is 6.89. The van der Waals surface area contributed by atoms with E-state index in [0.29, 0.717) is 18.2 Å². The molecule has 0 spiro atoms. The van der Waals surface area contributed by atoms with Crippen molar-refractivity contribution in [3.63, 3.8) is 0 Å². The van der Waals surface area contributed by atoms with E-state index in [2.05, 4.69) is 30.9 Å². The highest BCUT2D eigenvalue weighted by atomic mass is 32.1. The molecule has 1 fully saturated rings. The fraction of sp³-hybridized carbons (Fsp3) is 0.562. The number of nitrogens with zero attached hydrogens (tertiary/aromatic N) is 4. The SMILES string of the molecule is CN(Cc1cscn1)C(=O)c1cc(C2CC2)n(C(C)(C)C)n1. The number of hydrogen-bond donors (Lipinski definition) is 0. The molecule has 5 nitrogen and oxygen atoms in total. The maximum absolute atomic E-state index is 12.6. The highest BCUT2D eigenvalue weighted by Crippen LogP contribution is 2.41. The molecule has 0 atom stereocenters. The fourth-order valence-corrected chi connectivity index (χ4v) is 3.08. The highest BCUT2D eigenvalue weighted by molar-refractivity contribution is 7.07. The lowest BCUT2D eigenvalue weighted by molar-refractivity contribution is 0.0776. The van der Waals surface area contributed by atoms with E-state index < -0.39 is 0 Å². The molecule has 0 aromatic carbocycles. The average molecular weight is 318 g/mol. The molecular weight excluding hydrogens is 296 g/mol. The van der Waals surface area contributed by atoms with Crippen LogP contribution in [-0.2, 0) is 12.1 Å². The van der Waals surface area contributed by atoms with Gasteiger partial charge in [-0.2, -0.15) is 5.10 Å². The third-order valence-electron chi connectivity index (χ3n) is 3.82. The van der Waals surface area contributed by atoms with Crippen LogP contribution in [0.3, 0.4) is 0 Å². The summed E-state index contributed by atoms with van der Waals surface area (Å²) in [4.78, 5) is 18.5. The Morgan fingerprint density at radius 2 is 2.18 bits per heavy atom. The van der Waals surface area contributed by atoms with Crippen LogP contribution in [0, 0.1) is 0 Å². The Kier molecular flexibility index (Phi) is 3.80. The third-order valence-corrected chi connectivity index (χ3v) is 4.45. The third kappa shape index (κ3) is 3.06. The van der Waals surface area contributed by atoms with Gasteiger partial charge in [0.05, 0.1) is 23.3 Å². The van der Waals surface area contributed by atoms with E-state index in [1.165, 1.54) is 18.5 Å². The van der Waals surface area contributed by atoms with Gasteiger partial charge in [-0.05, 0) is 39.7 Å². The minimum atomic E-state index is -0.107. The first kappa shape index (κ1) is 15.2. The molecule has 1 amide bonds. The van der Waals surface area contributed by atoms with Crippen LogP contribution in [-0.4, -0.2) is 32.6 Å². The second-order valence-electron chi connectivity index (χ2n) is 6.95. The smallest absolute Gasteiger partial charge is 0.274 e. The van der Waals surface area contributed by atoms with Crippen LogP contribution >= 0.6 is 11.3 Å². The lowest BCUT2D eigenvalue weighted by atomic mass is 10.1. The molecule has 3 rings (SSSR count). The zero-order valence-electron chi connectivity index (χ0n) is 13.5. The van der Waals surface area contributed by atoms with E-state index in [0.717, 1.165) is 5.69 Å². The van der Waals surface area contributed by atoms with Crippen molar-refractivity contribution in [3.05, 3.63) is 34.0 Å². The van der Waals surface area contributed by atoms with Crippen LogP contribution in [0.1, 0.15) is 61.4 Å². The molecular formula is C16H22N4OS. The molecule has 0 saturated heterocycles. The molecule has 1 saturated carbocycles. The van der Waals surface area contributed by atoms with Crippen molar-refractivity contribution in [2.24, 2.45) is 0 Å². The van der Waals surface area contributed by atoms with Gasteiger partial charge in [-0.25, -0.2) is 4.98 Å². The number of amides is 1. The first-order chi connectivity index (χ1) is 10.4. The minimum Gasteiger partial charge on any atom is -0.334 e. The van der Waals surface area contributed by atoms with Crippen LogP contribution in [0.5, 0.6) is 0 Å². The van der Waals surface area contributed by atoms with Gasteiger partial charge in [0.1, 0.15) is 0 Å². The van der Waals surface area contributed by atoms with Crippen LogP contribution in [0.15, 0.2) is 17.0 Å². The lowest BCUT2D eigenvalue weighted by Gasteiger charge is -2.22. The topological polar surface area (TPSA) is 51.0 Å². The lowest BCUT2D eigenvalue weighted by Crippen LogP contribution is -2.28. The molecule has 1 aliphatic rings. The van der Waals surface area contributed by atoms with Gasteiger partial charge >= 0.3 is 0 Å². The van der Waals surface area contributed by atoms with Crippen molar-refractivity contribution < 1.29 is 4.79 Å². The predicted molar refractivity (Wildman–Crippen MR) is 87.1 cm³/mol. The van der Waals surface area contributed by atoms with Crippen LogP contribution in [0.4, 0.5) is 0 Å². The van der Waals surface area contributed by atoms with E-state index in [1.807, 2.05) is 16.1 Å². The Bertz CT molecular complexity index is 665. The number of thiazole rings is 1. The maximum atomic E-state index is 12.6. The van der Waals surface area contributed by atoms with Gasteiger partial charge in [0, 0.05) is 24.0 Å². The zero-order chi connectivity index (χ0) is 15.9. The van der Waals surface area contributed by atoms with Crippen molar-refractivity contribution in [1.29, 1.82) is 0 Å². The molecule has 118 valence electrons. The van der Waals surface area contributed by atoms with Crippen molar-refractivity contribution in [2.75, 3.05) is 7.05 Å². The normalized spacial score (nSPS) is 15.1. The minimum absolute atomic E-state index is 0.0436. The van der Waals surface area contributed by atoms with E-state index in [1.54, 1.807) is 28.8 Å². The molecule has 0 bridgehead atoms. The molecule has 2 heterocycles. The van der Waals surface area contributed by atoms with Gasteiger partial charge in [-0.3, -0.25) is 9.48 Å². The number of carbonyl (C=O) groups is 1. The Morgan fingerprint density at radius 1 is 1.45 bits per heavy atom. The van der Waals surface area contributed by atoms with Gasteiger partial charge in [-0.15, -0.1) is 11.3 Å². The Morgan fingerprint density at radius 3 is 2.73 bits per heavy atom. The van der Waals surface area contributed by atoms with Crippen LogP contribution < -0.4 is 0 Å². The quantitative estimate of drug-likeness (QED) is 0.869. The molecule has 22 heavy (non-hydrogen) atoms. The van der Waals surface area contributed by atoms with Crippen molar-refractivity contribution in [1.82, 2.24) is 19.7 Å². The molecule has 2 aromatic rings.